The van der Waals surface area contributed by atoms with Gasteiger partial charge in [0.15, 0.2) is 0 Å². The monoisotopic (exact) mass is 291 g/mol. The van der Waals surface area contributed by atoms with E-state index in [0.29, 0.717) is 17.9 Å². The maximum absolute atomic E-state index is 10.9. The van der Waals surface area contributed by atoms with Gasteiger partial charge >= 0.3 is 0 Å². The van der Waals surface area contributed by atoms with Crippen LogP contribution < -0.4 is 4.90 Å². The Kier molecular flexibility index (Phi) is 3.44. The SMILES string of the molecule is Cn1ncc(Cl)c1C1(O)CCN(c2ccccc2)CC1. The lowest BCUT2D eigenvalue weighted by Crippen LogP contribution is -2.43. The van der Waals surface area contributed by atoms with Crippen molar-refractivity contribution in [3.63, 3.8) is 0 Å². The summed E-state index contributed by atoms with van der Waals surface area (Å²) in [6.07, 6.45) is 2.90. The molecule has 0 unspecified atom stereocenters. The van der Waals surface area contributed by atoms with Gasteiger partial charge in [-0.3, -0.25) is 4.68 Å². The summed E-state index contributed by atoms with van der Waals surface area (Å²) >= 11 is 6.16. The van der Waals surface area contributed by atoms with Crippen molar-refractivity contribution >= 4 is 17.3 Å². The van der Waals surface area contributed by atoms with E-state index >= 15 is 0 Å². The number of aromatic nitrogens is 2. The van der Waals surface area contributed by atoms with Crippen LogP contribution in [-0.2, 0) is 12.6 Å². The first kappa shape index (κ1) is 13.5. The van der Waals surface area contributed by atoms with Crippen LogP contribution in [0.4, 0.5) is 5.69 Å². The molecule has 0 aliphatic carbocycles. The Bertz CT molecular complexity index is 569. The van der Waals surface area contributed by atoms with Crippen LogP contribution in [0.1, 0.15) is 18.5 Å². The van der Waals surface area contributed by atoms with Gasteiger partial charge in [0.05, 0.1) is 16.9 Å². The molecule has 0 atom stereocenters. The van der Waals surface area contributed by atoms with Crippen LogP contribution in [0.15, 0.2) is 36.5 Å². The largest absolute Gasteiger partial charge is 0.383 e. The number of halogens is 1. The Balaban J connectivity index is 1.78. The number of hydrogen-bond donors (Lipinski definition) is 1. The molecule has 0 spiro atoms. The molecule has 0 bridgehead atoms. The number of aryl methyl sites for hydroxylation is 1. The van der Waals surface area contributed by atoms with Crippen molar-refractivity contribution in [1.82, 2.24) is 9.78 Å². The van der Waals surface area contributed by atoms with Crippen molar-refractivity contribution < 1.29 is 5.11 Å². The van der Waals surface area contributed by atoms with Crippen LogP contribution in [0.25, 0.3) is 0 Å². The van der Waals surface area contributed by atoms with Gasteiger partial charge in [-0.1, -0.05) is 29.8 Å². The molecule has 5 heteroatoms. The zero-order chi connectivity index (χ0) is 14.2. The van der Waals surface area contributed by atoms with E-state index in [9.17, 15) is 5.11 Å². The average molecular weight is 292 g/mol. The van der Waals surface area contributed by atoms with Crippen LogP contribution >= 0.6 is 11.6 Å². The molecular weight excluding hydrogens is 274 g/mol. The van der Waals surface area contributed by atoms with Crippen LogP contribution in [0.3, 0.4) is 0 Å². The zero-order valence-electron chi connectivity index (χ0n) is 11.5. The molecule has 1 aliphatic rings. The molecule has 2 aromatic rings. The fraction of sp³-hybridized carbons (Fsp3) is 0.400. The second kappa shape index (κ2) is 5.11. The summed E-state index contributed by atoms with van der Waals surface area (Å²) in [6, 6.07) is 10.3. The maximum Gasteiger partial charge on any atom is 0.111 e. The first-order valence-electron chi connectivity index (χ1n) is 6.80. The smallest absolute Gasteiger partial charge is 0.111 e. The Labute approximate surface area is 123 Å². The van der Waals surface area contributed by atoms with E-state index < -0.39 is 5.60 Å². The lowest BCUT2D eigenvalue weighted by molar-refractivity contribution is 0.00425. The molecule has 1 fully saturated rings. The van der Waals surface area contributed by atoms with Crippen LogP contribution in [-0.4, -0.2) is 28.0 Å². The molecular formula is C15H18ClN3O. The van der Waals surface area contributed by atoms with Gasteiger partial charge < -0.3 is 10.0 Å². The molecule has 106 valence electrons. The molecule has 1 aromatic carbocycles. The van der Waals surface area contributed by atoms with Gasteiger partial charge in [0.2, 0.25) is 0 Å². The fourth-order valence-corrected chi connectivity index (χ4v) is 3.29. The van der Waals surface area contributed by atoms with E-state index in [-0.39, 0.29) is 0 Å². The second-order valence-corrected chi connectivity index (χ2v) is 5.73. The first-order chi connectivity index (χ1) is 9.60. The summed E-state index contributed by atoms with van der Waals surface area (Å²) in [5.74, 6) is 0. The molecule has 3 rings (SSSR count). The first-order valence-corrected chi connectivity index (χ1v) is 7.18. The van der Waals surface area contributed by atoms with E-state index in [2.05, 4.69) is 22.1 Å². The summed E-state index contributed by atoms with van der Waals surface area (Å²) in [5, 5.41) is 15.6. The molecule has 1 aromatic heterocycles. The van der Waals surface area contributed by atoms with Gasteiger partial charge in [-0.15, -0.1) is 0 Å². The molecule has 1 N–H and O–H groups in total. The summed E-state index contributed by atoms with van der Waals surface area (Å²) in [6.45, 7) is 1.62. The average Bonchev–Trinajstić information content (AvgIpc) is 2.80. The molecule has 0 saturated carbocycles. The highest BCUT2D eigenvalue weighted by atomic mass is 35.5. The lowest BCUT2D eigenvalue weighted by Gasteiger charge is -2.39. The number of hydrogen-bond acceptors (Lipinski definition) is 3. The third-order valence-corrected chi connectivity index (χ3v) is 4.32. The summed E-state index contributed by atoms with van der Waals surface area (Å²) in [4.78, 5) is 2.29. The van der Waals surface area contributed by atoms with Crippen molar-refractivity contribution in [3.05, 3.63) is 47.2 Å². The van der Waals surface area contributed by atoms with Gasteiger partial charge in [-0.25, -0.2) is 0 Å². The molecule has 0 amide bonds. The zero-order valence-corrected chi connectivity index (χ0v) is 12.2. The van der Waals surface area contributed by atoms with Crippen LogP contribution in [0.2, 0.25) is 5.02 Å². The van der Waals surface area contributed by atoms with Gasteiger partial charge in [0.25, 0.3) is 0 Å². The number of piperidine rings is 1. The van der Waals surface area contributed by atoms with Gasteiger partial charge in [-0.2, -0.15) is 5.10 Å². The van der Waals surface area contributed by atoms with Crippen molar-refractivity contribution in [2.75, 3.05) is 18.0 Å². The topological polar surface area (TPSA) is 41.3 Å². The third-order valence-electron chi connectivity index (χ3n) is 4.05. The molecule has 1 aliphatic heterocycles. The quantitative estimate of drug-likeness (QED) is 0.924. The Morgan fingerprint density at radius 2 is 1.85 bits per heavy atom. The van der Waals surface area contributed by atoms with Crippen LogP contribution in [0, 0.1) is 0 Å². The number of nitrogens with zero attached hydrogens (tertiary/aromatic N) is 3. The molecule has 2 heterocycles. The second-order valence-electron chi connectivity index (χ2n) is 5.32. The number of anilines is 1. The van der Waals surface area contributed by atoms with E-state index in [0.717, 1.165) is 18.8 Å². The number of para-hydroxylation sites is 1. The number of rotatable bonds is 2. The normalized spacial score (nSPS) is 18.2. The summed E-state index contributed by atoms with van der Waals surface area (Å²) in [7, 11) is 1.82. The number of aliphatic hydroxyl groups is 1. The van der Waals surface area contributed by atoms with Gasteiger partial charge in [0.1, 0.15) is 5.60 Å². The highest BCUT2D eigenvalue weighted by Gasteiger charge is 2.38. The Hall–Kier alpha value is -1.52. The van der Waals surface area contributed by atoms with E-state index in [1.165, 1.54) is 5.69 Å². The van der Waals surface area contributed by atoms with Crippen molar-refractivity contribution in [2.24, 2.45) is 7.05 Å². The third kappa shape index (κ3) is 2.30. The Morgan fingerprint density at radius 3 is 2.40 bits per heavy atom. The predicted molar refractivity (Wildman–Crippen MR) is 80.0 cm³/mol. The minimum Gasteiger partial charge on any atom is -0.383 e. The maximum atomic E-state index is 10.9. The minimum atomic E-state index is -0.881. The van der Waals surface area contributed by atoms with E-state index in [1.54, 1.807) is 10.9 Å². The van der Waals surface area contributed by atoms with Crippen molar-refractivity contribution in [3.8, 4) is 0 Å². The minimum absolute atomic E-state index is 0.545. The lowest BCUT2D eigenvalue weighted by atomic mass is 9.88. The van der Waals surface area contributed by atoms with Crippen molar-refractivity contribution in [1.29, 1.82) is 0 Å². The van der Waals surface area contributed by atoms with E-state index in [4.69, 9.17) is 11.6 Å². The highest BCUT2D eigenvalue weighted by Crippen LogP contribution is 2.37. The van der Waals surface area contributed by atoms with Crippen molar-refractivity contribution in [2.45, 2.75) is 18.4 Å². The van der Waals surface area contributed by atoms with Gasteiger partial charge in [0, 0.05) is 25.8 Å². The van der Waals surface area contributed by atoms with Crippen LogP contribution in [0.5, 0.6) is 0 Å². The summed E-state index contributed by atoms with van der Waals surface area (Å²) < 4.78 is 1.68. The standard InChI is InChI=1S/C15H18ClN3O/c1-18-14(13(16)11-17-18)15(20)7-9-19(10-8-15)12-5-3-2-4-6-12/h2-6,11,20H,7-10H2,1H3. The molecule has 20 heavy (non-hydrogen) atoms. The fourth-order valence-electron chi connectivity index (χ4n) is 2.94. The predicted octanol–water partition coefficient (Wildman–Crippen LogP) is 2.56. The summed E-state index contributed by atoms with van der Waals surface area (Å²) in [5.41, 5.74) is 1.05. The van der Waals surface area contributed by atoms with Gasteiger partial charge in [-0.05, 0) is 25.0 Å². The Morgan fingerprint density at radius 1 is 1.20 bits per heavy atom. The molecule has 1 saturated heterocycles. The number of benzene rings is 1. The van der Waals surface area contributed by atoms with E-state index in [1.807, 2.05) is 25.2 Å². The molecule has 4 nitrogen and oxygen atoms in total. The highest BCUT2D eigenvalue weighted by molar-refractivity contribution is 6.31. The molecule has 0 radical (unpaired) electrons.